The number of benzene rings is 8. The molecule has 5 nitrogen and oxygen atoms in total. The Hall–Kier alpha value is -7.15. The largest absolute Gasteiger partial charge is 0.453 e. The fourth-order valence-corrected chi connectivity index (χ4v) is 9.46. The van der Waals surface area contributed by atoms with Crippen molar-refractivity contribution in [1.29, 1.82) is 0 Å². The molecule has 0 aliphatic rings. The van der Waals surface area contributed by atoms with Gasteiger partial charge in [-0.1, -0.05) is 133 Å². The average Bonchev–Trinajstić information content (AvgIpc) is 3.92. The molecule has 0 radical (unpaired) electrons. The predicted octanol–water partition coefficient (Wildman–Crippen LogP) is 13.4. The second-order valence-electron chi connectivity index (χ2n) is 14.0. The third-order valence-corrected chi connectivity index (χ3v) is 12.0. The quantitative estimate of drug-likeness (QED) is 0.182. The van der Waals surface area contributed by atoms with E-state index in [1.54, 1.807) is 0 Å². The summed E-state index contributed by atoms with van der Waals surface area (Å²) < 4.78 is 12.0. The molecular formula is C49H28N4OS. The Morgan fingerprint density at radius 3 is 1.75 bits per heavy atom. The summed E-state index contributed by atoms with van der Waals surface area (Å²) in [5, 5.41) is 9.11. The monoisotopic (exact) mass is 720 g/mol. The van der Waals surface area contributed by atoms with Crippen LogP contribution in [0.3, 0.4) is 0 Å². The van der Waals surface area contributed by atoms with Gasteiger partial charge in [0.1, 0.15) is 5.58 Å². The van der Waals surface area contributed by atoms with Crippen molar-refractivity contribution >= 4 is 86.0 Å². The lowest BCUT2D eigenvalue weighted by Gasteiger charge is -2.11. The van der Waals surface area contributed by atoms with Gasteiger partial charge in [-0.2, -0.15) is 0 Å². The van der Waals surface area contributed by atoms with Crippen LogP contribution in [0.5, 0.6) is 0 Å². The zero-order valence-corrected chi connectivity index (χ0v) is 30.1. The van der Waals surface area contributed by atoms with Crippen molar-refractivity contribution in [2.24, 2.45) is 0 Å². The molecule has 6 heteroatoms. The first kappa shape index (κ1) is 30.3. The molecule has 12 aromatic rings. The van der Waals surface area contributed by atoms with Gasteiger partial charge in [0.25, 0.3) is 0 Å². The van der Waals surface area contributed by atoms with E-state index >= 15 is 0 Å². The van der Waals surface area contributed by atoms with Crippen LogP contribution in [-0.2, 0) is 0 Å². The van der Waals surface area contributed by atoms with Gasteiger partial charge in [0.15, 0.2) is 23.1 Å². The molecular weight excluding hydrogens is 693 g/mol. The number of fused-ring (bicyclic) bond motifs is 11. The van der Waals surface area contributed by atoms with Crippen LogP contribution in [0, 0.1) is 0 Å². The lowest BCUT2D eigenvalue weighted by molar-refractivity contribution is 0.670. The summed E-state index contributed by atoms with van der Waals surface area (Å²) in [4.78, 5) is 15.2. The van der Waals surface area contributed by atoms with Gasteiger partial charge in [-0.25, -0.2) is 15.0 Å². The Kier molecular flexibility index (Phi) is 6.44. The highest BCUT2D eigenvalue weighted by Crippen LogP contribution is 2.44. The minimum Gasteiger partial charge on any atom is -0.453 e. The summed E-state index contributed by atoms with van der Waals surface area (Å²) in [6.45, 7) is 0. The van der Waals surface area contributed by atoms with Crippen LogP contribution in [0.25, 0.3) is 115 Å². The molecule has 0 unspecified atom stereocenters. The van der Waals surface area contributed by atoms with Crippen molar-refractivity contribution in [3.63, 3.8) is 0 Å². The van der Waals surface area contributed by atoms with Crippen LogP contribution in [0.4, 0.5) is 0 Å². The molecule has 0 fully saturated rings. The zero-order valence-electron chi connectivity index (χ0n) is 29.3. The molecule has 0 aliphatic heterocycles. The number of aromatic nitrogens is 4. The lowest BCUT2D eigenvalue weighted by Crippen LogP contribution is -2.00. The standard InChI is InChI=1S/C49H28N4OS/c1-3-14-29(15-4-1)47-50-48(30-16-5-2-6-17-30)52-49(51-47)39-27-38-35-22-13-24-41(46(35)54-45(38)34-21-8-7-18-31(34)39)53-40-23-11-9-19-32(40)36-26-37-33-20-10-12-25-43(33)55-44(37)28-42(36)53/h1-28H. The van der Waals surface area contributed by atoms with Gasteiger partial charge >= 0.3 is 0 Å². The maximum absolute atomic E-state index is 7.06. The molecule has 0 saturated heterocycles. The Morgan fingerprint density at radius 2 is 0.982 bits per heavy atom. The second kappa shape index (κ2) is 11.7. The number of nitrogens with zero attached hydrogens (tertiary/aromatic N) is 4. The van der Waals surface area contributed by atoms with E-state index in [4.69, 9.17) is 19.4 Å². The molecule has 55 heavy (non-hydrogen) atoms. The van der Waals surface area contributed by atoms with E-state index in [1.165, 1.54) is 30.9 Å². The van der Waals surface area contributed by atoms with Crippen molar-refractivity contribution in [1.82, 2.24) is 19.5 Å². The van der Waals surface area contributed by atoms with E-state index in [0.29, 0.717) is 17.5 Å². The smallest absolute Gasteiger partial charge is 0.164 e. The fourth-order valence-electron chi connectivity index (χ4n) is 8.34. The molecule has 0 aliphatic carbocycles. The summed E-state index contributed by atoms with van der Waals surface area (Å²) in [7, 11) is 0. The van der Waals surface area contributed by atoms with E-state index < -0.39 is 0 Å². The molecule has 0 spiro atoms. The van der Waals surface area contributed by atoms with Gasteiger partial charge in [0.2, 0.25) is 0 Å². The van der Waals surface area contributed by atoms with E-state index in [9.17, 15) is 0 Å². The summed E-state index contributed by atoms with van der Waals surface area (Å²) in [5.41, 5.74) is 7.79. The van der Waals surface area contributed by atoms with E-state index in [2.05, 4.69) is 114 Å². The fraction of sp³-hybridized carbons (Fsp3) is 0. The highest BCUT2D eigenvalue weighted by Gasteiger charge is 2.22. The number of rotatable bonds is 4. The third-order valence-electron chi connectivity index (χ3n) is 10.8. The minimum absolute atomic E-state index is 0.617. The summed E-state index contributed by atoms with van der Waals surface area (Å²) in [5.74, 6) is 1.88. The normalized spacial score (nSPS) is 12.0. The third kappa shape index (κ3) is 4.55. The molecule has 4 aromatic heterocycles. The van der Waals surface area contributed by atoms with Crippen molar-refractivity contribution in [2.45, 2.75) is 0 Å². The van der Waals surface area contributed by atoms with Gasteiger partial charge in [-0.05, 0) is 41.8 Å². The number of hydrogen-bond acceptors (Lipinski definition) is 5. The molecule has 0 bridgehead atoms. The summed E-state index contributed by atoms with van der Waals surface area (Å²) in [6, 6.07) is 59.5. The molecule has 0 atom stereocenters. The first-order chi connectivity index (χ1) is 27.3. The Morgan fingerprint density at radius 1 is 0.382 bits per heavy atom. The van der Waals surface area contributed by atoms with Gasteiger partial charge in [-0.3, -0.25) is 0 Å². The van der Waals surface area contributed by atoms with Crippen molar-refractivity contribution in [3.8, 4) is 39.9 Å². The summed E-state index contributed by atoms with van der Waals surface area (Å²) >= 11 is 1.84. The number of furan rings is 1. The Bertz CT molecular complexity index is 3430. The average molecular weight is 721 g/mol. The highest BCUT2D eigenvalue weighted by atomic mass is 32.1. The van der Waals surface area contributed by atoms with Crippen LogP contribution in [0.1, 0.15) is 0 Å². The van der Waals surface area contributed by atoms with Crippen molar-refractivity contribution < 1.29 is 4.42 Å². The first-order valence-corrected chi connectivity index (χ1v) is 19.2. The van der Waals surface area contributed by atoms with Crippen LogP contribution < -0.4 is 0 Å². The first-order valence-electron chi connectivity index (χ1n) is 18.4. The maximum atomic E-state index is 7.06. The van der Waals surface area contributed by atoms with Crippen LogP contribution >= 0.6 is 11.3 Å². The molecule has 0 amide bonds. The molecule has 8 aromatic carbocycles. The van der Waals surface area contributed by atoms with Gasteiger partial charge in [-0.15, -0.1) is 11.3 Å². The topological polar surface area (TPSA) is 56.7 Å². The zero-order chi connectivity index (χ0) is 36.0. The second-order valence-corrected chi connectivity index (χ2v) is 15.0. The Labute approximate surface area is 318 Å². The molecule has 12 rings (SSSR count). The SMILES string of the molecule is c1ccc(-c2nc(-c3ccccc3)nc(-c3cc4c5cccc(-n6c7ccccc7c7cc8c(cc76)sc6ccccc68)c5oc4c4ccccc34)n2)cc1. The van der Waals surface area contributed by atoms with Gasteiger partial charge in [0, 0.05) is 63.8 Å². The van der Waals surface area contributed by atoms with Crippen molar-refractivity contribution in [3.05, 3.63) is 170 Å². The highest BCUT2D eigenvalue weighted by molar-refractivity contribution is 7.25. The number of hydrogen-bond donors (Lipinski definition) is 0. The van der Waals surface area contributed by atoms with Crippen molar-refractivity contribution in [2.75, 3.05) is 0 Å². The van der Waals surface area contributed by atoms with E-state index in [-0.39, 0.29) is 0 Å². The summed E-state index contributed by atoms with van der Waals surface area (Å²) in [6.07, 6.45) is 0. The number of para-hydroxylation sites is 2. The lowest BCUT2D eigenvalue weighted by atomic mass is 9.99. The maximum Gasteiger partial charge on any atom is 0.164 e. The van der Waals surface area contributed by atoms with Gasteiger partial charge < -0.3 is 8.98 Å². The molecule has 0 N–H and O–H groups in total. The van der Waals surface area contributed by atoms with E-state index in [1.807, 2.05) is 72.0 Å². The molecule has 4 heterocycles. The van der Waals surface area contributed by atoms with Gasteiger partial charge in [0.05, 0.1) is 16.7 Å². The van der Waals surface area contributed by atoms with Crippen LogP contribution in [0.2, 0.25) is 0 Å². The van der Waals surface area contributed by atoms with Crippen LogP contribution in [0.15, 0.2) is 174 Å². The van der Waals surface area contributed by atoms with Crippen LogP contribution in [-0.4, -0.2) is 19.5 Å². The minimum atomic E-state index is 0.617. The number of thiophene rings is 1. The molecule has 256 valence electrons. The molecule has 0 saturated carbocycles. The Balaban J connectivity index is 1.14. The van der Waals surface area contributed by atoms with E-state index in [0.717, 1.165) is 66.1 Å². The predicted molar refractivity (Wildman–Crippen MR) is 228 cm³/mol.